The quantitative estimate of drug-likeness (QED) is 0.750. The molecule has 4 heteroatoms. The smallest absolute Gasteiger partial charge is 0.224 e. The fourth-order valence-electron chi connectivity index (χ4n) is 2.35. The van der Waals surface area contributed by atoms with Crippen LogP contribution in [0.5, 0.6) is 0 Å². The lowest BCUT2D eigenvalue weighted by Crippen LogP contribution is -2.46. The number of carbonyl (C=O) groups is 1. The molecule has 4 nitrogen and oxygen atoms in total. The molecule has 1 amide bonds. The number of amides is 1. The van der Waals surface area contributed by atoms with E-state index in [-0.39, 0.29) is 11.9 Å². The van der Waals surface area contributed by atoms with E-state index >= 15 is 0 Å². The zero-order valence-corrected chi connectivity index (χ0v) is 10.1. The van der Waals surface area contributed by atoms with E-state index < -0.39 is 0 Å². The highest BCUT2D eigenvalue weighted by atomic mass is 16.5. The van der Waals surface area contributed by atoms with Crippen LogP contribution in [0.2, 0.25) is 0 Å². The summed E-state index contributed by atoms with van der Waals surface area (Å²) >= 11 is 0. The second kappa shape index (κ2) is 5.64. The Hall–Kier alpha value is -0.610. The summed E-state index contributed by atoms with van der Waals surface area (Å²) in [5.74, 6) is 1.06. The van der Waals surface area contributed by atoms with Crippen LogP contribution < -0.4 is 5.32 Å². The molecule has 2 aliphatic heterocycles. The SMILES string of the molecule is CC1CCN(C(=O)CC2COCCN2)CC1. The third-order valence-electron chi connectivity index (χ3n) is 3.56. The number of morpholine rings is 1. The van der Waals surface area contributed by atoms with Crippen molar-refractivity contribution in [1.82, 2.24) is 10.2 Å². The Morgan fingerprint density at radius 2 is 2.19 bits per heavy atom. The molecule has 1 atom stereocenters. The van der Waals surface area contributed by atoms with Crippen LogP contribution in [0, 0.1) is 5.92 Å². The molecule has 0 radical (unpaired) electrons. The van der Waals surface area contributed by atoms with Crippen molar-refractivity contribution in [3.63, 3.8) is 0 Å². The number of carbonyl (C=O) groups excluding carboxylic acids is 1. The van der Waals surface area contributed by atoms with E-state index in [1.54, 1.807) is 0 Å². The van der Waals surface area contributed by atoms with Crippen LogP contribution in [0.25, 0.3) is 0 Å². The molecular weight excluding hydrogens is 204 g/mol. The molecule has 1 unspecified atom stereocenters. The minimum absolute atomic E-state index is 0.223. The number of rotatable bonds is 2. The van der Waals surface area contributed by atoms with Gasteiger partial charge in [0.1, 0.15) is 0 Å². The summed E-state index contributed by atoms with van der Waals surface area (Å²) in [6.45, 7) is 6.45. The average molecular weight is 226 g/mol. The number of nitrogens with zero attached hydrogens (tertiary/aromatic N) is 1. The van der Waals surface area contributed by atoms with Crippen molar-refractivity contribution < 1.29 is 9.53 Å². The summed E-state index contributed by atoms with van der Waals surface area (Å²) in [5, 5.41) is 3.33. The summed E-state index contributed by atoms with van der Waals surface area (Å²) in [5.41, 5.74) is 0. The predicted molar refractivity (Wildman–Crippen MR) is 62.2 cm³/mol. The fourth-order valence-corrected chi connectivity index (χ4v) is 2.35. The van der Waals surface area contributed by atoms with Crippen LogP contribution in [-0.4, -0.2) is 49.7 Å². The predicted octanol–water partition coefficient (Wildman–Crippen LogP) is 0.623. The third-order valence-corrected chi connectivity index (χ3v) is 3.56. The zero-order chi connectivity index (χ0) is 11.4. The van der Waals surface area contributed by atoms with Crippen molar-refractivity contribution in [1.29, 1.82) is 0 Å². The molecule has 1 N–H and O–H groups in total. The largest absolute Gasteiger partial charge is 0.378 e. The van der Waals surface area contributed by atoms with Gasteiger partial charge in [-0.25, -0.2) is 0 Å². The molecule has 2 heterocycles. The van der Waals surface area contributed by atoms with Gasteiger partial charge in [-0.3, -0.25) is 4.79 Å². The number of nitrogens with one attached hydrogen (secondary N) is 1. The number of likely N-dealkylation sites (tertiary alicyclic amines) is 1. The summed E-state index contributed by atoms with van der Waals surface area (Å²) in [6, 6.07) is 0.223. The Morgan fingerprint density at radius 3 is 2.81 bits per heavy atom. The molecule has 0 bridgehead atoms. The fraction of sp³-hybridized carbons (Fsp3) is 0.917. The van der Waals surface area contributed by atoms with E-state index in [1.165, 1.54) is 0 Å². The van der Waals surface area contributed by atoms with Crippen LogP contribution in [-0.2, 0) is 9.53 Å². The van der Waals surface area contributed by atoms with Crippen LogP contribution in [0.4, 0.5) is 0 Å². The Labute approximate surface area is 97.3 Å². The Morgan fingerprint density at radius 1 is 1.44 bits per heavy atom. The van der Waals surface area contributed by atoms with Gasteiger partial charge < -0.3 is 15.0 Å². The average Bonchev–Trinajstić information content (AvgIpc) is 2.31. The Kier molecular flexibility index (Phi) is 4.18. The van der Waals surface area contributed by atoms with Gasteiger partial charge in [0.25, 0.3) is 0 Å². The normalized spacial score (nSPS) is 28.1. The number of piperidine rings is 1. The Balaban J connectivity index is 1.74. The van der Waals surface area contributed by atoms with Crippen molar-refractivity contribution in [3.05, 3.63) is 0 Å². The maximum Gasteiger partial charge on any atom is 0.224 e. The molecule has 2 aliphatic rings. The van der Waals surface area contributed by atoms with Crippen molar-refractivity contribution in [3.8, 4) is 0 Å². The minimum atomic E-state index is 0.223. The second-order valence-corrected chi connectivity index (χ2v) is 4.99. The number of hydrogen-bond donors (Lipinski definition) is 1. The Bertz CT molecular complexity index is 231. The van der Waals surface area contributed by atoms with E-state index in [9.17, 15) is 4.79 Å². The highest BCUT2D eigenvalue weighted by Gasteiger charge is 2.23. The molecule has 92 valence electrons. The van der Waals surface area contributed by atoms with Gasteiger partial charge in [0.2, 0.25) is 5.91 Å². The topological polar surface area (TPSA) is 41.6 Å². The van der Waals surface area contributed by atoms with Crippen LogP contribution >= 0.6 is 0 Å². The van der Waals surface area contributed by atoms with Crippen molar-refractivity contribution in [2.45, 2.75) is 32.2 Å². The van der Waals surface area contributed by atoms with Gasteiger partial charge in [-0.1, -0.05) is 6.92 Å². The molecule has 0 aromatic carbocycles. The third kappa shape index (κ3) is 3.19. The van der Waals surface area contributed by atoms with E-state index in [0.717, 1.165) is 45.0 Å². The summed E-state index contributed by atoms with van der Waals surface area (Å²) in [7, 11) is 0. The maximum absolute atomic E-state index is 12.0. The molecule has 0 aromatic rings. The number of ether oxygens (including phenoxy) is 1. The molecule has 2 saturated heterocycles. The first-order valence-corrected chi connectivity index (χ1v) is 6.34. The first kappa shape index (κ1) is 11.9. The van der Waals surface area contributed by atoms with Gasteiger partial charge in [0, 0.05) is 32.1 Å². The van der Waals surface area contributed by atoms with Crippen molar-refractivity contribution in [2.24, 2.45) is 5.92 Å². The molecule has 0 aliphatic carbocycles. The van der Waals surface area contributed by atoms with Gasteiger partial charge in [0.05, 0.1) is 13.2 Å². The van der Waals surface area contributed by atoms with Crippen LogP contribution in [0.15, 0.2) is 0 Å². The van der Waals surface area contributed by atoms with Gasteiger partial charge >= 0.3 is 0 Å². The second-order valence-electron chi connectivity index (χ2n) is 4.99. The van der Waals surface area contributed by atoms with E-state index in [0.29, 0.717) is 13.0 Å². The molecule has 16 heavy (non-hydrogen) atoms. The standard InChI is InChI=1S/C12H22N2O2/c1-10-2-5-14(6-3-10)12(15)8-11-9-16-7-4-13-11/h10-11,13H,2-9H2,1H3. The van der Waals surface area contributed by atoms with Gasteiger partial charge in [-0.2, -0.15) is 0 Å². The molecular formula is C12H22N2O2. The molecule has 0 spiro atoms. The van der Waals surface area contributed by atoms with Crippen molar-refractivity contribution >= 4 is 5.91 Å². The lowest BCUT2D eigenvalue weighted by atomic mass is 9.99. The van der Waals surface area contributed by atoms with Gasteiger partial charge in [-0.15, -0.1) is 0 Å². The first-order valence-electron chi connectivity index (χ1n) is 6.34. The van der Waals surface area contributed by atoms with E-state index in [2.05, 4.69) is 12.2 Å². The highest BCUT2D eigenvalue weighted by molar-refractivity contribution is 5.76. The van der Waals surface area contributed by atoms with Gasteiger partial charge in [-0.05, 0) is 18.8 Å². The lowest BCUT2D eigenvalue weighted by molar-refractivity contribution is -0.133. The minimum Gasteiger partial charge on any atom is -0.378 e. The van der Waals surface area contributed by atoms with E-state index in [1.807, 2.05) is 4.90 Å². The molecule has 0 aromatic heterocycles. The molecule has 0 saturated carbocycles. The van der Waals surface area contributed by atoms with E-state index in [4.69, 9.17) is 4.74 Å². The maximum atomic E-state index is 12.0. The molecule has 2 rings (SSSR count). The molecule has 2 fully saturated rings. The summed E-state index contributed by atoms with van der Waals surface area (Å²) < 4.78 is 5.35. The lowest BCUT2D eigenvalue weighted by Gasteiger charge is -2.32. The first-order chi connectivity index (χ1) is 7.75. The van der Waals surface area contributed by atoms with Crippen molar-refractivity contribution in [2.75, 3.05) is 32.8 Å². The highest BCUT2D eigenvalue weighted by Crippen LogP contribution is 2.17. The van der Waals surface area contributed by atoms with Crippen LogP contribution in [0.3, 0.4) is 0 Å². The van der Waals surface area contributed by atoms with Gasteiger partial charge in [0.15, 0.2) is 0 Å². The summed E-state index contributed by atoms with van der Waals surface area (Å²) in [4.78, 5) is 14.0. The monoisotopic (exact) mass is 226 g/mol. The number of hydrogen-bond acceptors (Lipinski definition) is 3. The summed E-state index contributed by atoms with van der Waals surface area (Å²) in [6.07, 6.45) is 2.90. The zero-order valence-electron chi connectivity index (χ0n) is 10.1. The van der Waals surface area contributed by atoms with Crippen LogP contribution in [0.1, 0.15) is 26.2 Å².